The van der Waals surface area contributed by atoms with Gasteiger partial charge in [-0.1, -0.05) is 19.1 Å². The second-order valence-electron chi connectivity index (χ2n) is 18.4. The zero-order valence-electron chi connectivity index (χ0n) is 36.9. The van der Waals surface area contributed by atoms with Gasteiger partial charge in [0.15, 0.2) is 0 Å². The van der Waals surface area contributed by atoms with Gasteiger partial charge in [0.2, 0.25) is 39.0 Å². The molecule has 2 aromatic rings. The van der Waals surface area contributed by atoms with Crippen molar-refractivity contribution in [3.8, 4) is 11.6 Å². The quantitative estimate of drug-likeness (QED) is 0.183. The van der Waals surface area contributed by atoms with Crippen LogP contribution in [0.3, 0.4) is 0 Å². The number of carbonyl (C=O) groups is 4. The highest BCUT2D eigenvalue weighted by Gasteiger charge is 2.63. The number of allylic oxidation sites excluding steroid dienone is 1. The second-order valence-corrected chi connectivity index (χ2v) is 20.6. The van der Waals surface area contributed by atoms with Gasteiger partial charge in [0.25, 0.3) is 5.91 Å². The monoisotopic (exact) mass is 948 g/mol. The fourth-order valence-electron chi connectivity index (χ4n) is 8.03. The molecule has 1 saturated heterocycles. The van der Waals surface area contributed by atoms with Gasteiger partial charge < -0.3 is 34.5 Å². The van der Waals surface area contributed by atoms with Gasteiger partial charge in [0.05, 0.1) is 35.0 Å². The van der Waals surface area contributed by atoms with Crippen molar-refractivity contribution in [2.75, 3.05) is 20.3 Å². The van der Waals surface area contributed by atoms with Gasteiger partial charge in [-0.3, -0.25) is 19.1 Å². The van der Waals surface area contributed by atoms with Crippen molar-refractivity contribution < 1.29 is 72.9 Å². The Labute approximate surface area is 372 Å². The fourth-order valence-corrected chi connectivity index (χ4v) is 9.34. The topological polar surface area (TPSA) is 204 Å². The second kappa shape index (κ2) is 18.0. The molecule has 16 nitrogen and oxygen atoms in total. The third kappa shape index (κ3) is 10.9. The first-order chi connectivity index (χ1) is 30.1. The average molecular weight is 949 g/mol. The number of halogens is 6. The summed E-state index contributed by atoms with van der Waals surface area (Å²) in [4.78, 5) is 65.7. The van der Waals surface area contributed by atoms with Crippen molar-refractivity contribution in [3.05, 3.63) is 36.0 Å². The minimum Gasteiger partial charge on any atom is -0.491 e. The van der Waals surface area contributed by atoms with Gasteiger partial charge in [0.1, 0.15) is 29.5 Å². The van der Waals surface area contributed by atoms with E-state index in [0.717, 1.165) is 4.90 Å². The van der Waals surface area contributed by atoms with Crippen LogP contribution in [0.4, 0.5) is 31.1 Å². The molecule has 2 saturated carbocycles. The Bertz CT molecular complexity index is 2310. The molecule has 7 atom stereocenters. The Balaban J connectivity index is 1.42. The van der Waals surface area contributed by atoms with Crippen LogP contribution in [0.2, 0.25) is 0 Å². The lowest BCUT2D eigenvalue weighted by Crippen LogP contribution is -2.60. The summed E-state index contributed by atoms with van der Waals surface area (Å²) in [6.07, 6.45) is -9.09. The van der Waals surface area contributed by atoms with E-state index in [1.807, 2.05) is 6.92 Å². The van der Waals surface area contributed by atoms with E-state index in [-0.39, 0.29) is 48.3 Å². The lowest BCUT2D eigenvalue weighted by Gasteiger charge is -2.35. The zero-order valence-corrected chi connectivity index (χ0v) is 37.7. The molecule has 0 radical (unpaired) electrons. The molecular formula is C42H54F6N6O10S. The lowest BCUT2D eigenvalue weighted by atomic mass is 9.87. The number of carbonyl (C=O) groups excluding carboxylic acids is 4. The van der Waals surface area contributed by atoms with E-state index < -0.39 is 117 Å². The Morgan fingerprint density at radius 2 is 1.74 bits per heavy atom. The number of amides is 4. The average Bonchev–Trinajstić information content (AvgIpc) is 4.06. The number of methoxy groups -OCH3 is 1. The Hall–Kier alpha value is -4.93. The number of rotatable bonds is 11. The molecule has 3 N–H and O–H groups in total. The first kappa shape index (κ1) is 49.5. The minimum absolute atomic E-state index is 0.0471. The molecule has 0 unspecified atom stereocenters. The van der Waals surface area contributed by atoms with Gasteiger partial charge in [0, 0.05) is 31.4 Å². The summed E-state index contributed by atoms with van der Waals surface area (Å²) >= 11 is 0. The fraction of sp³-hybridized carbons (Fsp3) is 0.667. The van der Waals surface area contributed by atoms with Crippen LogP contribution >= 0.6 is 0 Å². The van der Waals surface area contributed by atoms with Crippen LogP contribution in [0.5, 0.6) is 11.6 Å². The number of fused-ring (bicyclic) bond motifs is 3. The lowest BCUT2D eigenvalue weighted by molar-refractivity contribution is -0.244. The van der Waals surface area contributed by atoms with Crippen molar-refractivity contribution in [2.24, 2.45) is 17.8 Å². The number of alkyl carbamates (subject to hydrolysis) is 1. The molecule has 3 fully saturated rings. The summed E-state index contributed by atoms with van der Waals surface area (Å²) in [5.74, 6) is -5.78. The molecule has 4 aliphatic rings. The summed E-state index contributed by atoms with van der Waals surface area (Å²) in [6, 6.07) is 0.631. The molecule has 23 heteroatoms. The van der Waals surface area contributed by atoms with Crippen molar-refractivity contribution >= 4 is 44.9 Å². The number of nitrogens with one attached hydrogen (secondary N) is 3. The highest BCUT2D eigenvalue weighted by molar-refractivity contribution is 7.91. The molecule has 1 aromatic heterocycles. The molecule has 2 aliphatic carbocycles. The molecule has 1 aromatic carbocycles. The highest BCUT2D eigenvalue weighted by Crippen LogP contribution is 2.48. The zero-order chi connectivity index (χ0) is 48.1. The smallest absolute Gasteiger partial charge is 0.438 e. The largest absolute Gasteiger partial charge is 0.491 e. The summed E-state index contributed by atoms with van der Waals surface area (Å²) in [5, 5.41) is 4.90. The number of benzene rings is 1. The number of alkyl halides is 6. The molecule has 0 bridgehead atoms. The first-order valence-corrected chi connectivity index (χ1v) is 22.7. The van der Waals surface area contributed by atoms with E-state index in [4.69, 9.17) is 18.9 Å². The molecule has 360 valence electrons. The Kier molecular flexibility index (Phi) is 13.7. The van der Waals surface area contributed by atoms with Gasteiger partial charge in [-0.05, 0) is 91.2 Å². The number of aromatic nitrogens is 2. The number of hydrogen-bond donors (Lipinski definition) is 3. The van der Waals surface area contributed by atoms with Crippen LogP contribution in [0.25, 0.3) is 11.0 Å². The Morgan fingerprint density at radius 3 is 2.35 bits per heavy atom. The predicted octanol–water partition coefficient (Wildman–Crippen LogP) is 5.73. The van der Waals surface area contributed by atoms with Crippen LogP contribution in [-0.2, 0) is 40.1 Å². The highest BCUT2D eigenvalue weighted by atomic mass is 32.2. The van der Waals surface area contributed by atoms with Gasteiger partial charge in [-0.2, -0.15) is 26.3 Å². The summed E-state index contributed by atoms with van der Waals surface area (Å²) < 4.78 is 135. The summed E-state index contributed by atoms with van der Waals surface area (Å²) in [5.41, 5.74) is -6.59. The van der Waals surface area contributed by atoms with Crippen LogP contribution in [0, 0.1) is 17.8 Å². The van der Waals surface area contributed by atoms with Crippen molar-refractivity contribution in [1.29, 1.82) is 0 Å². The molecule has 2 aliphatic heterocycles. The maximum Gasteiger partial charge on any atom is 0.438 e. The Morgan fingerprint density at radius 1 is 1.05 bits per heavy atom. The summed E-state index contributed by atoms with van der Waals surface area (Å²) in [6.45, 7) is 7.10. The van der Waals surface area contributed by atoms with Crippen LogP contribution < -0.4 is 24.8 Å². The molecule has 0 spiro atoms. The van der Waals surface area contributed by atoms with E-state index in [0.29, 0.717) is 39.5 Å². The number of ether oxygens (including phenoxy) is 4. The number of nitrogens with zero attached hydrogens (tertiary/aromatic N) is 3. The molecule has 65 heavy (non-hydrogen) atoms. The maximum absolute atomic E-state index is 15.0. The van der Waals surface area contributed by atoms with Gasteiger partial charge in [-0.15, -0.1) is 0 Å². The maximum atomic E-state index is 15.0. The van der Waals surface area contributed by atoms with E-state index in [2.05, 4.69) is 25.3 Å². The molecular weight excluding hydrogens is 895 g/mol. The van der Waals surface area contributed by atoms with E-state index >= 15 is 0 Å². The minimum atomic E-state index is -5.12. The van der Waals surface area contributed by atoms with E-state index in [1.54, 1.807) is 26.0 Å². The van der Waals surface area contributed by atoms with Gasteiger partial charge in [-0.25, -0.2) is 23.2 Å². The van der Waals surface area contributed by atoms with Crippen molar-refractivity contribution in [3.63, 3.8) is 0 Å². The van der Waals surface area contributed by atoms with Crippen LogP contribution in [0.1, 0.15) is 92.2 Å². The third-order valence-corrected chi connectivity index (χ3v) is 14.4. The summed E-state index contributed by atoms with van der Waals surface area (Å²) in [7, 11) is -2.91. The van der Waals surface area contributed by atoms with E-state index in [1.165, 1.54) is 32.2 Å². The number of sulfonamides is 1. The normalized spacial score (nSPS) is 27.9. The van der Waals surface area contributed by atoms with Crippen molar-refractivity contribution in [2.45, 2.75) is 139 Å². The van der Waals surface area contributed by atoms with Crippen LogP contribution in [0.15, 0.2) is 30.4 Å². The molecule has 6 rings (SSSR count). The van der Waals surface area contributed by atoms with Crippen molar-refractivity contribution in [1.82, 2.24) is 30.2 Å². The third-order valence-electron chi connectivity index (χ3n) is 12.3. The molecule has 3 heterocycles. The SMILES string of the molecule is COC[C@@H]1C[C@@H](C)CC/C=C\[C@H]2C[C@]2(C(=O)NS(=O)(=O)C2(C)CC2)NC(=O)[C@@H]2C[C@@H](Oc3nc4cc(OC(C)C)ccc4nc3C(F)(F)F)CN2C(=O)[C@H]1NC(=O)OC(C)(C)C(F)(F)F. The van der Waals surface area contributed by atoms with E-state index in [9.17, 15) is 53.9 Å². The van der Waals surface area contributed by atoms with Crippen LogP contribution in [-0.4, -0.2) is 114 Å². The van der Waals surface area contributed by atoms with Gasteiger partial charge >= 0.3 is 18.4 Å². The number of hydrogen-bond acceptors (Lipinski definition) is 12. The molecule has 4 amide bonds. The standard InChI is InChI=1S/C42H54F6N6O10S/c1-22(2)62-26-12-13-28-29(17-26)50-34(32(49-28)41(43,44)45)63-27-18-30-33(55)52-40(36(57)53-65(59,60)39(6)14-15-39)19-25(40)11-9-8-10-23(3)16-24(21-61-7)31(35(56)54(30)20-27)51-37(58)64-38(4,5)42(46,47)48/h9,11-13,17,22-25,27,30-31H,8,10,14-16,18-21H2,1-7H3,(H,51,58)(H,52,55)(H,53,57)/b11-9-/t23-,24-,25-,27+,30-,31-,40-/m0/s1. The first-order valence-electron chi connectivity index (χ1n) is 21.2. The predicted molar refractivity (Wildman–Crippen MR) is 220 cm³/mol.